The highest BCUT2D eigenvalue weighted by molar-refractivity contribution is 7.13. The van der Waals surface area contributed by atoms with Gasteiger partial charge in [0.15, 0.2) is 0 Å². The van der Waals surface area contributed by atoms with E-state index >= 15 is 0 Å². The lowest BCUT2D eigenvalue weighted by Gasteiger charge is -2.16. The molecule has 1 N–H and O–H groups in total. The number of aromatic nitrogens is 1. The van der Waals surface area contributed by atoms with Crippen LogP contribution >= 0.6 is 22.9 Å². The molecule has 0 saturated carbocycles. The quantitative estimate of drug-likeness (QED) is 0.358. The highest BCUT2D eigenvalue weighted by Gasteiger charge is 2.35. The van der Waals surface area contributed by atoms with E-state index in [1.165, 1.54) is 28.4 Å². The van der Waals surface area contributed by atoms with Crippen LogP contribution in [-0.4, -0.2) is 23.3 Å². The minimum absolute atomic E-state index is 0.111. The molecule has 5 nitrogen and oxygen atoms in total. The first-order valence-corrected chi connectivity index (χ1v) is 11.9. The van der Waals surface area contributed by atoms with E-state index in [1.54, 1.807) is 12.1 Å². The Kier molecular flexibility index (Phi) is 6.13. The van der Waals surface area contributed by atoms with Crippen LogP contribution in [0.1, 0.15) is 6.42 Å². The van der Waals surface area contributed by atoms with E-state index in [9.17, 15) is 14.0 Å². The Labute approximate surface area is 204 Å². The number of halogens is 2. The lowest BCUT2D eigenvalue weighted by molar-refractivity contribution is -0.122. The average molecular weight is 492 g/mol. The van der Waals surface area contributed by atoms with Gasteiger partial charge in [-0.05, 0) is 48.5 Å². The molecule has 2 heterocycles. The number of carbonyl (C=O) groups is 2. The second kappa shape index (κ2) is 9.37. The Hall–Kier alpha value is -3.55. The zero-order valence-corrected chi connectivity index (χ0v) is 19.4. The van der Waals surface area contributed by atoms with Gasteiger partial charge < -0.3 is 10.2 Å². The van der Waals surface area contributed by atoms with Crippen molar-refractivity contribution in [3.05, 3.63) is 89.0 Å². The molecule has 1 aliphatic heterocycles. The molecule has 1 saturated heterocycles. The number of amides is 2. The summed E-state index contributed by atoms with van der Waals surface area (Å²) in [6, 6.07) is 20.7. The van der Waals surface area contributed by atoms with Gasteiger partial charge in [0, 0.05) is 45.9 Å². The minimum Gasteiger partial charge on any atom is -0.326 e. The van der Waals surface area contributed by atoms with Crippen molar-refractivity contribution in [2.45, 2.75) is 6.42 Å². The highest BCUT2D eigenvalue weighted by Crippen LogP contribution is 2.31. The molecule has 5 rings (SSSR count). The number of nitrogens with one attached hydrogen (secondary N) is 1. The summed E-state index contributed by atoms with van der Waals surface area (Å²) in [4.78, 5) is 31.6. The van der Waals surface area contributed by atoms with Crippen LogP contribution in [0, 0.1) is 11.7 Å². The summed E-state index contributed by atoms with van der Waals surface area (Å²) in [6.45, 7) is 0.256. The number of rotatable bonds is 5. The molecule has 1 unspecified atom stereocenters. The molecule has 8 heteroatoms. The number of hydrogen-bond donors (Lipinski definition) is 1. The lowest BCUT2D eigenvalue weighted by atomic mass is 10.1. The molecule has 4 aromatic rings. The summed E-state index contributed by atoms with van der Waals surface area (Å²) in [5.74, 6) is -1.24. The number of benzene rings is 3. The molecular formula is C26H19ClFN3O2S. The molecule has 170 valence electrons. The van der Waals surface area contributed by atoms with Crippen molar-refractivity contribution in [2.75, 3.05) is 16.8 Å². The molecule has 0 bridgehead atoms. The molecule has 3 aromatic carbocycles. The molecular weight excluding hydrogens is 473 g/mol. The Morgan fingerprint density at radius 2 is 1.82 bits per heavy atom. The molecule has 1 aromatic heterocycles. The van der Waals surface area contributed by atoms with Crippen LogP contribution in [0.5, 0.6) is 0 Å². The van der Waals surface area contributed by atoms with Gasteiger partial charge >= 0.3 is 0 Å². The third kappa shape index (κ3) is 4.71. The van der Waals surface area contributed by atoms with E-state index in [1.807, 2.05) is 53.9 Å². The molecule has 1 aliphatic rings. The molecule has 34 heavy (non-hydrogen) atoms. The summed E-state index contributed by atoms with van der Waals surface area (Å²) >= 11 is 7.51. The second-order valence-corrected chi connectivity index (χ2v) is 9.29. The predicted octanol–water partition coefficient (Wildman–Crippen LogP) is 6.26. The van der Waals surface area contributed by atoms with Crippen LogP contribution in [0.25, 0.3) is 21.8 Å². The van der Waals surface area contributed by atoms with Crippen molar-refractivity contribution < 1.29 is 14.0 Å². The molecule has 2 amide bonds. The largest absolute Gasteiger partial charge is 0.326 e. The van der Waals surface area contributed by atoms with E-state index in [-0.39, 0.29) is 30.6 Å². The Bertz CT molecular complexity index is 1360. The van der Waals surface area contributed by atoms with Gasteiger partial charge in [0.05, 0.1) is 11.6 Å². The van der Waals surface area contributed by atoms with Gasteiger partial charge in [0.25, 0.3) is 0 Å². The lowest BCUT2D eigenvalue weighted by Crippen LogP contribution is -2.28. The van der Waals surface area contributed by atoms with Crippen LogP contribution in [-0.2, 0) is 9.59 Å². The molecule has 0 spiro atoms. The van der Waals surface area contributed by atoms with Crippen LogP contribution < -0.4 is 10.2 Å². The van der Waals surface area contributed by atoms with Crippen molar-refractivity contribution in [3.8, 4) is 21.8 Å². The van der Waals surface area contributed by atoms with Crippen molar-refractivity contribution in [1.29, 1.82) is 0 Å². The van der Waals surface area contributed by atoms with Gasteiger partial charge in [-0.3, -0.25) is 9.59 Å². The predicted molar refractivity (Wildman–Crippen MR) is 133 cm³/mol. The van der Waals surface area contributed by atoms with Crippen molar-refractivity contribution >= 4 is 46.1 Å². The van der Waals surface area contributed by atoms with E-state index in [4.69, 9.17) is 16.6 Å². The third-order valence-electron chi connectivity index (χ3n) is 5.66. The maximum Gasteiger partial charge on any atom is 0.229 e. The Morgan fingerprint density at radius 3 is 2.59 bits per heavy atom. The maximum atomic E-state index is 13.2. The molecule has 1 atom stereocenters. The number of thiazole rings is 1. The van der Waals surface area contributed by atoms with Gasteiger partial charge in [0.2, 0.25) is 11.8 Å². The van der Waals surface area contributed by atoms with Gasteiger partial charge in [-0.15, -0.1) is 11.3 Å². The van der Waals surface area contributed by atoms with E-state index in [0.717, 1.165) is 21.8 Å². The van der Waals surface area contributed by atoms with E-state index in [0.29, 0.717) is 16.4 Å². The van der Waals surface area contributed by atoms with Gasteiger partial charge in [0.1, 0.15) is 10.8 Å². The monoisotopic (exact) mass is 491 g/mol. The van der Waals surface area contributed by atoms with Gasteiger partial charge in [-0.2, -0.15) is 0 Å². The van der Waals surface area contributed by atoms with E-state index in [2.05, 4.69) is 5.32 Å². The maximum absolute atomic E-state index is 13.2. The third-order valence-corrected chi connectivity index (χ3v) is 6.80. The second-order valence-electron chi connectivity index (χ2n) is 8.00. The van der Waals surface area contributed by atoms with Crippen LogP contribution in [0.3, 0.4) is 0 Å². The van der Waals surface area contributed by atoms with Crippen LogP contribution in [0.15, 0.2) is 78.2 Å². The summed E-state index contributed by atoms with van der Waals surface area (Å²) < 4.78 is 13.2. The van der Waals surface area contributed by atoms with Crippen molar-refractivity contribution in [3.63, 3.8) is 0 Å². The Morgan fingerprint density at radius 1 is 1.06 bits per heavy atom. The smallest absolute Gasteiger partial charge is 0.229 e. The first-order valence-electron chi connectivity index (χ1n) is 10.6. The van der Waals surface area contributed by atoms with Crippen LogP contribution in [0.2, 0.25) is 5.02 Å². The first-order chi connectivity index (χ1) is 16.5. The zero-order chi connectivity index (χ0) is 23.7. The Balaban J connectivity index is 1.28. The standard InChI is InChI=1S/C26H19ClFN3O2S/c27-19-6-4-16(5-7-19)26-30-23(15-34-26)17-2-1-3-21(12-17)29-25(33)18-13-24(32)31(14-18)22-10-8-20(28)9-11-22/h1-12,15,18H,13-14H2,(H,29,33). The number of carbonyl (C=O) groups excluding carboxylic acids is 2. The zero-order valence-electron chi connectivity index (χ0n) is 17.9. The van der Waals surface area contributed by atoms with Crippen LogP contribution in [0.4, 0.5) is 15.8 Å². The molecule has 0 radical (unpaired) electrons. The molecule has 0 aliphatic carbocycles. The fourth-order valence-electron chi connectivity index (χ4n) is 3.89. The fraction of sp³-hybridized carbons (Fsp3) is 0.115. The van der Waals surface area contributed by atoms with Gasteiger partial charge in [-0.25, -0.2) is 9.37 Å². The fourth-order valence-corrected chi connectivity index (χ4v) is 4.85. The average Bonchev–Trinajstić information content (AvgIpc) is 3.48. The topological polar surface area (TPSA) is 62.3 Å². The summed E-state index contributed by atoms with van der Waals surface area (Å²) in [5.41, 5.74) is 3.90. The number of hydrogen-bond acceptors (Lipinski definition) is 4. The minimum atomic E-state index is -0.489. The van der Waals surface area contributed by atoms with Gasteiger partial charge in [-0.1, -0.05) is 35.9 Å². The number of nitrogens with zero attached hydrogens (tertiary/aromatic N) is 2. The number of anilines is 2. The molecule has 1 fully saturated rings. The summed E-state index contributed by atoms with van der Waals surface area (Å²) in [6.07, 6.45) is 0.111. The highest BCUT2D eigenvalue weighted by atomic mass is 35.5. The SMILES string of the molecule is O=C(Nc1cccc(-c2csc(-c3ccc(Cl)cc3)n2)c1)C1CC(=O)N(c2ccc(F)cc2)C1. The summed E-state index contributed by atoms with van der Waals surface area (Å²) in [7, 11) is 0. The van der Waals surface area contributed by atoms with Crippen molar-refractivity contribution in [2.24, 2.45) is 5.92 Å². The van der Waals surface area contributed by atoms with Crippen molar-refractivity contribution in [1.82, 2.24) is 4.98 Å². The first kappa shape index (κ1) is 22.3. The normalized spacial score (nSPS) is 15.5. The summed E-state index contributed by atoms with van der Waals surface area (Å²) in [5, 5.41) is 6.45. The van der Waals surface area contributed by atoms with E-state index < -0.39 is 5.92 Å².